The third-order valence-electron chi connectivity index (χ3n) is 4.97. The normalized spacial score (nSPS) is 10.8. The van der Waals surface area contributed by atoms with Crippen LogP contribution in [0, 0.1) is 13.8 Å². The molecule has 0 fully saturated rings. The lowest BCUT2D eigenvalue weighted by Crippen LogP contribution is -2.26. The molecule has 0 aliphatic carbocycles. The standard InChI is InChI=1S/C23H26BrN3O2/c1-5-27-17(3)22(16(2)25-27)14-26(4)23(28)19-8-6-7-18(13-19)15-29-21-11-9-20(24)10-12-21/h6-13H,5,14-15H2,1-4H3. The molecule has 1 heterocycles. The topological polar surface area (TPSA) is 47.4 Å². The summed E-state index contributed by atoms with van der Waals surface area (Å²) in [7, 11) is 1.83. The van der Waals surface area contributed by atoms with Crippen LogP contribution in [0.4, 0.5) is 0 Å². The summed E-state index contributed by atoms with van der Waals surface area (Å²) in [6.45, 7) is 7.89. The maximum atomic E-state index is 13.0. The number of hydrogen-bond donors (Lipinski definition) is 0. The minimum absolute atomic E-state index is 0.0152. The summed E-state index contributed by atoms with van der Waals surface area (Å²) in [5, 5.41) is 4.55. The Morgan fingerprint density at radius 1 is 1.17 bits per heavy atom. The van der Waals surface area contributed by atoms with Gasteiger partial charge in [-0.25, -0.2) is 0 Å². The van der Waals surface area contributed by atoms with Crippen molar-refractivity contribution in [1.82, 2.24) is 14.7 Å². The highest BCUT2D eigenvalue weighted by Gasteiger charge is 2.17. The molecule has 0 aliphatic rings. The molecule has 6 heteroatoms. The van der Waals surface area contributed by atoms with E-state index in [0.29, 0.717) is 18.7 Å². The molecule has 0 aliphatic heterocycles. The Bertz CT molecular complexity index is 996. The summed E-state index contributed by atoms with van der Waals surface area (Å²) in [5.74, 6) is 0.777. The fourth-order valence-electron chi connectivity index (χ4n) is 3.29. The van der Waals surface area contributed by atoms with Gasteiger partial charge in [-0.05, 0) is 62.7 Å². The molecule has 3 rings (SSSR count). The molecule has 29 heavy (non-hydrogen) atoms. The summed E-state index contributed by atoms with van der Waals surface area (Å²) in [6.07, 6.45) is 0. The van der Waals surface area contributed by atoms with Gasteiger partial charge < -0.3 is 9.64 Å². The number of halogens is 1. The van der Waals surface area contributed by atoms with Crippen molar-refractivity contribution in [2.45, 2.75) is 40.5 Å². The highest BCUT2D eigenvalue weighted by Crippen LogP contribution is 2.19. The van der Waals surface area contributed by atoms with Crippen LogP contribution in [0.3, 0.4) is 0 Å². The fraction of sp³-hybridized carbons (Fsp3) is 0.304. The van der Waals surface area contributed by atoms with Gasteiger partial charge >= 0.3 is 0 Å². The third kappa shape index (κ3) is 5.07. The molecule has 3 aromatic rings. The van der Waals surface area contributed by atoms with Gasteiger partial charge in [-0.3, -0.25) is 9.48 Å². The molecule has 0 spiro atoms. The molecule has 1 aromatic heterocycles. The van der Waals surface area contributed by atoms with Gasteiger partial charge in [-0.1, -0.05) is 28.1 Å². The van der Waals surface area contributed by atoms with Gasteiger partial charge in [0.15, 0.2) is 0 Å². The quantitative estimate of drug-likeness (QED) is 0.495. The predicted octanol–water partition coefficient (Wildman–Crippen LogP) is 5.13. The van der Waals surface area contributed by atoms with Crippen LogP contribution >= 0.6 is 15.9 Å². The molecule has 1 amide bonds. The minimum atomic E-state index is -0.0152. The van der Waals surface area contributed by atoms with Crippen molar-refractivity contribution in [1.29, 1.82) is 0 Å². The lowest BCUT2D eigenvalue weighted by atomic mass is 10.1. The van der Waals surface area contributed by atoms with E-state index in [4.69, 9.17) is 4.74 Å². The van der Waals surface area contributed by atoms with Gasteiger partial charge in [0.05, 0.1) is 5.69 Å². The molecule has 0 unspecified atom stereocenters. The van der Waals surface area contributed by atoms with Crippen LogP contribution in [0.2, 0.25) is 0 Å². The van der Waals surface area contributed by atoms with Crippen LogP contribution < -0.4 is 4.74 Å². The number of aromatic nitrogens is 2. The van der Waals surface area contributed by atoms with Gasteiger partial charge in [0.25, 0.3) is 5.91 Å². The highest BCUT2D eigenvalue weighted by atomic mass is 79.9. The first-order valence-electron chi connectivity index (χ1n) is 9.64. The molecular weight excluding hydrogens is 430 g/mol. The van der Waals surface area contributed by atoms with Gasteiger partial charge in [0.2, 0.25) is 0 Å². The summed E-state index contributed by atoms with van der Waals surface area (Å²) < 4.78 is 8.81. The zero-order valence-electron chi connectivity index (χ0n) is 17.3. The van der Waals surface area contributed by atoms with E-state index in [-0.39, 0.29) is 5.91 Å². The number of benzene rings is 2. The van der Waals surface area contributed by atoms with Crippen LogP contribution in [0.1, 0.15) is 39.8 Å². The summed E-state index contributed by atoms with van der Waals surface area (Å²) >= 11 is 3.42. The Morgan fingerprint density at radius 2 is 1.90 bits per heavy atom. The molecule has 0 saturated carbocycles. The van der Waals surface area contributed by atoms with Gasteiger partial charge in [0, 0.05) is 41.4 Å². The van der Waals surface area contributed by atoms with E-state index in [2.05, 4.69) is 34.9 Å². The smallest absolute Gasteiger partial charge is 0.253 e. The zero-order chi connectivity index (χ0) is 21.0. The van der Waals surface area contributed by atoms with Crippen LogP contribution in [-0.2, 0) is 19.7 Å². The lowest BCUT2D eigenvalue weighted by Gasteiger charge is -2.18. The number of hydrogen-bond acceptors (Lipinski definition) is 3. The van der Waals surface area contributed by atoms with Crippen LogP contribution in [-0.4, -0.2) is 27.6 Å². The molecular formula is C23H26BrN3O2. The predicted molar refractivity (Wildman–Crippen MR) is 118 cm³/mol. The number of aryl methyl sites for hydroxylation is 2. The summed E-state index contributed by atoms with van der Waals surface area (Å²) in [5.41, 5.74) is 4.81. The molecule has 0 N–H and O–H groups in total. The van der Waals surface area contributed by atoms with Crippen molar-refractivity contribution in [3.8, 4) is 5.75 Å². The van der Waals surface area contributed by atoms with Gasteiger partial charge in [-0.15, -0.1) is 0 Å². The highest BCUT2D eigenvalue weighted by molar-refractivity contribution is 9.10. The largest absolute Gasteiger partial charge is 0.489 e. The first-order chi connectivity index (χ1) is 13.9. The van der Waals surface area contributed by atoms with Crippen molar-refractivity contribution in [3.63, 3.8) is 0 Å². The molecule has 0 radical (unpaired) electrons. The first-order valence-corrected chi connectivity index (χ1v) is 10.4. The van der Waals surface area contributed by atoms with Crippen molar-refractivity contribution in [2.75, 3.05) is 7.05 Å². The van der Waals surface area contributed by atoms with E-state index in [1.165, 1.54) is 0 Å². The van der Waals surface area contributed by atoms with Crippen LogP contribution in [0.5, 0.6) is 5.75 Å². The second-order valence-corrected chi connectivity index (χ2v) is 7.99. The maximum Gasteiger partial charge on any atom is 0.253 e. The Labute approximate surface area is 180 Å². The van der Waals surface area contributed by atoms with E-state index in [0.717, 1.165) is 39.3 Å². The van der Waals surface area contributed by atoms with E-state index >= 15 is 0 Å². The summed E-state index contributed by atoms with van der Waals surface area (Å²) in [6, 6.07) is 15.3. The van der Waals surface area contributed by atoms with Crippen LogP contribution in [0.25, 0.3) is 0 Å². The van der Waals surface area contributed by atoms with Gasteiger partial charge in [-0.2, -0.15) is 5.10 Å². The van der Waals surface area contributed by atoms with Crippen molar-refractivity contribution in [3.05, 3.63) is 81.1 Å². The molecule has 0 bridgehead atoms. The van der Waals surface area contributed by atoms with E-state index in [1.807, 2.05) is 67.2 Å². The van der Waals surface area contributed by atoms with Crippen LogP contribution in [0.15, 0.2) is 53.0 Å². The van der Waals surface area contributed by atoms with Crippen molar-refractivity contribution in [2.24, 2.45) is 0 Å². The molecule has 152 valence electrons. The molecule has 0 saturated heterocycles. The number of amides is 1. The SMILES string of the molecule is CCn1nc(C)c(CN(C)C(=O)c2cccc(COc3ccc(Br)cc3)c2)c1C. The van der Waals surface area contributed by atoms with Crippen molar-refractivity contribution >= 4 is 21.8 Å². The average molecular weight is 456 g/mol. The summed E-state index contributed by atoms with van der Waals surface area (Å²) in [4.78, 5) is 14.7. The molecule has 0 atom stereocenters. The number of ether oxygens (including phenoxy) is 1. The molecule has 2 aromatic carbocycles. The van der Waals surface area contributed by atoms with E-state index in [9.17, 15) is 4.79 Å². The Kier molecular flexibility index (Phi) is 6.75. The zero-order valence-corrected chi connectivity index (χ0v) is 18.9. The molecule has 5 nitrogen and oxygen atoms in total. The number of carbonyl (C=O) groups excluding carboxylic acids is 1. The fourth-order valence-corrected chi connectivity index (χ4v) is 3.56. The second kappa shape index (κ2) is 9.27. The Balaban J connectivity index is 1.68. The third-order valence-corrected chi connectivity index (χ3v) is 5.49. The first kappa shape index (κ1) is 21.1. The number of rotatable bonds is 7. The Morgan fingerprint density at radius 3 is 2.55 bits per heavy atom. The maximum absolute atomic E-state index is 13.0. The number of carbonyl (C=O) groups is 1. The van der Waals surface area contributed by atoms with E-state index in [1.54, 1.807) is 4.90 Å². The number of nitrogens with zero attached hydrogens (tertiary/aromatic N) is 3. The monoisotopic (exact) mass is 455 g/mol. The average Bonchev–Trinajstić information content (AvgIpc) is 3.00. The van der Waals surface area contributed by atoms with E-state index < -0.39 is 0 Å². The minimum Gasteiger partial charge on any atom is -0.489 e. The van der Waals surface area contributed by atoms with Crippen molar-refractivity contribution < 1.29 is 9.53 Å². The van der Waals surface area contributed by atoms with Gasteiger partial charge in [0.1, 0.15) is 12.4 Å². The lowest BCUT2D eigenvalue weighted by molar-refractivity contribution is 0.0784. The second-order valence-electron chi connectivity index (χ2n) is 7.07. The Hall–Kier alpha value is -2.60.